The molecule has 0 saturated carbocycles. The van der Waals surface area contributed by atoms with E-state index in [9.17, 15) is 14.9 Å². The minimum Gasteiger partial charge on any atom is -0.465 e. The lowest BCUT2D eigenvalue weighted by molar-refractivity contribution is -0.384. The smallest absolute Gasteiger partial charge is 0.320 e. The summed E-state index contributed by atoms with van der Waals surface area (Å²) in [6.07, 6.45) is 0.907. The Morgan fingerprint density at radius 2 is 2.14 bits per heavy atom. The molecule has 6 nitrogen and oxygen atoms in total. The summed E-state index contributed by atoms with van der Waals surface area (Å²) in [6.45, 7) is 5.66. The van der Waals surface area contributed by atoms with Gasteiger partial charge in [-0.1, -0.05) is 22.9 Å². The normalized spacial score (nSPS) is 10.7. The Morgan fingerprint density at radius 3 is 2.67 bits per heavy atom. The average molecular weight is 359 g/mol. The van der Waals surface area contributed by atoms with E-state index in [1.54, 1.807) is 13.0 Å². The van der Waals surface area contributed by atoms with Gasteiger partial charge >= 0.3 is 5.97 Å². The molecule has 0 bridgehead atoms. The standard InChI is InChI=1S/C14H19BrN2O4/c1-3-7-16(10-14(18)21-4-2)9-11-5-6-12(17(19)20)8-13(11)15/h5-6,8H,3-4,7,9-10H2,1-2H3. The molecule has 1 rings (SSSR count). The highest BCUT2D eigenvalue weighted by Gasteiger charge is 2.15. The Morgan fingerprint density at radius 1 is 1.43 bits per heavy atom. The Labute approximate surface area is 132 Å². The second-order valence-electron chi connectivity index (χ2n) is 4.55. The van der Waals surface area contributed by atoms with E-state index in [1.807, 2.05) is 11.8 Å². The van der Waals surface area contributed by atoms with Gasteiger partial charge in [-0.2, -0.15) is 0 Å². The summed E-state index contributed by atoms with van der Waals surface area (Å²) in [7, 11) is 0. The maximum atomic E-state index is 11.6. The average Bonchev–Trinajstić information content (AvgIpc) is 2.41. The molecule has 0 atom stereocenters. The van der Waals surface area contributed by atoms with E-state index in [2.05, 4.69) is 15.9 Å². The second kappa shape index (κ2) is 8.74. The summed E-state index contributed by atoms with van der Waals surface area (Å²) in [6, 6.07) is 4.65. The van der Waals surface area contributed by atoms with Crippen molar-refractivity contribution in [1.82, 2.24) is 4.90 Å². The zero-order chi connectivity index (χ0) is 15.8. The predicted molar refractivity (Wildman–Crippen MR) is 83.0 cm³/mol. The lowest BCUT2D eigenvalue weighted by Gasteiger charge is -2.21. The number of carbonyl (C=O) groups excluding carboxylic acids is 1. The molecule has 0 spiro atoms. The molecule has 0 aliphatic rings. The third kappa shape index (κ3) is 5.81. The number of nitro groups is 1. The van der Waals surface area contributed by atoms with Crippen molar-refractivity contribution < 1.29 is 14.5 Å². The topological polar surface area (TPSA) is 72.7 Å². The molecule has 0 amide bonds. The van der Waals surface area contributed by atoms with Crippen molar-refractivity contribution in [2.45, 2.75) is 26.8 Å². The van der Waals surface area contributed by atoms with Gasteiger partial charge in [0.15, 0.2) is 0 Å². The molecule has 1 aromatic carbocycles. The fourth-order valence-electron chi connectivity index (χ4n) is 1.94. The van der Waals surface area contributed by atoms with E-state index in [0.717, 1.165) is 18.5 Å². The van der Waals surface area contributed by atoms with E-state index >= 15 is 0 Å². The maximum absolute atomic E-state index is 11.6. The van der Waals surface area contributed by atoms with Crippen LogP contribution in [0.15, 0.2) is 22.7 Å². The first kappa shape index (κ1) is 17.6. The Balaban J connectivity index is 2.78. The largest absolute Gasteiger partial charge is 0.465 e. The first-order valence-corrected chi connectivity index (χ1v) is 7.58. The molecular weight excluding hydrogens is 340 g/mol. The van der Waals surface area contributed by atoms with E-state index in [1.165, 1.54) is 12.1 Å². The molecule has 21 heavy (non-hydrogen) atoms. The second-order valence-corrected chi connectivity index (χ2v) is 5.40. The van der Waals surface area contributed by atoms with Crippen LogP contribution in [0.3, 0.4) is 0 Å². The van der Waals surface area contributed by atoms with Crippen LogP contribution in [0.2, 0.25) is 0 Å². The van der Waals surface area contributed by atoms with Crippen LogP contribution >= 0.6 is 15.9 Å². The van der Waals surface area contributed by atoms with Gasteiger partial charge in [0.25, 0.3) is 5.69 Å². The molecule has 0 N–H and O–H groups in total. The van der Waals surface area contributed by atoms with Crippen LogP contribution in [0, 0.1) is 10.1 Å². The molecular formula is C14H19BrN2O4. The molecule has 7 heteroatoms. The van der Waals surface area contributed by atoms with Gasteiger partial charge in [0.1, 0.15) is 0 Å². The number of ether oxygens (including phenoxy) is 1. The predicted octanol–water partition coefficient (Wildman–Crippen LogP) is 3.13. The third-order valence-electron chi connectivity index (χ3n) is 2.84. The van der Waals surface area contributed by atoms with E-state index < -0.39 is 4.92 Å². The number of non-ortho nitro benzene ring substituents is 1. The molecule has 0 unspecified atom stereocenters. The highest BCUT2D eigenvalue weighted by atomic mass is 79.9. The van der Waals surface area contributed by atoms with Crippen molar-refractivity contribution in [3.8, 4) is 0 Å². The number of rotatable bonds is 8. The summed E-state index contributed by atoms with van der Waals surface area (Å²) >= 11 is 3.34. The van der Waals surface area contributed by atoms with Crippen molar-refractivity contribution in [3.63, 3.8) is 0 Å². The van der Waals surface area contributed by atoms with Crippen molar-refractivity contribution in [1.29, 1.82) is 0 Å². The van der Waals surface area contributed by atoms with Crippen LogP contribution in [-0.2, 0) is 16.1 Å². The van der Waals surface area contributed by atoms with Gasteiger partial charge in [-0.15, -0.1) is 0 Å². The van der Waals surface area contributed by atoms with Crippen LogP contribution in [0.1, 0.15) is 25.8 Å². The molecule has 0 aliphatic heterocycles. The summed E-state index contributed by atoms with van der Waals surface area (Å²) in [5.74, 6) is -0.260. The Kier molecular flexibility index (Phi) is 7.31. The van der Waals surface area contributed by atoms with E-state index in [4.69, 9.17) is 4.74 Å². The number of nitro benzene ring substituents is 1. The number of nitrogens with zero attached hydrogens (tertiary/aromatic N) is 2. The zero-order valence-corrected chi connectivity index (χ0v) is 13.8. The zero-order valence-electron chi connectivity index (χ0n) is 12.2. The number of benzene rings is 1. The Hall–Kier alpha value is -1.47. The molecule has 0 radical (unpaired) electrons. The number of halogens is 1. The quantitative estimate of drug-likeness (QED) is 0.405. The summed E-state index contributed by atoms with van der Waals surface area (Å²) in [4.78, 5) is 23.8. The van der Waals surface area contributed by atoms with Crippen molar-refractivity contribution in [2.24, 2.45) is 0 Å². The van der Waals surface area contributed by atoms with Gasteiger partial charge in [-0.3, -0.25) is 19.8 Å². The fraction of sp³-hybridized carbons (Fsp3) is 0.500. The maximum Gasteiger partial charge on any atom is 0.320 e. The number of esters is 1. The minimum absolute atomic E-state index is 0.0399. The molecule has 0 aliphatic carbocycles. The molecule has 0 heterocycles. The fourth-order valence-corrected chi connectivity index (χ4v) is 2.43. The van der Waals surface area contributed by atoms with Crippen LogP contribution < -0.4 is 0 Å². The van der Waals surface area contributed by atoms with Crippen molar-refractivity contribution in [3.05, 3.63) is 38.3 Å². The van der Waals surface area contributed by atoms with E-state index in [-0.39, 0.29) is 18.2 Å². The van der Waals surface area contributed by atoms with Gasteiger partial charge < -0.3 is 4.74 Å². The summed E-state index contributed by atoms with van der Waals surface area (Å²) in [5.41, 5.74) is 0.941. The number of hydrogen-bond donors (Lipinski definition) is 0. The molecule has 1 aromatic rings. The molecule has 116 valence electrons. The summed E-state index contributed by atoms with van der Waals surface area (Å²) < 4.78 is 5.62. The van der Waals surface area contributed by atoms with Gasteiger partial charge in [0.2, 0.25) is 0 Å². The minimum atomic E-state index is -0.434. The highest BCUT2D eigenvalue weighted by molar-refractivity contribution is 9.10. The SMILES string of the molecule is CCCN(CC(=O)OCC)Cc1ccc([N+](=O)[O-])cc1Br. The summed E-state index contributed by atoms with van der Waals surface area (Å²) in [5, 5.41) is 10.7. The van der Waals surface area contributed by atoms with Gasteiger partial charge in [0, 0.05) is 23.2 Å². The first-order chi connectivity index (χ1) is 9.97. The monoisotopic (exact) mass is 358 g/mol. The first-order valence-electron chi connectivity index (χ1n) is 6.78. The van der Waals surface area contributed by atoms with Gasteiger partial charge in [-0.25, -0.2) is 0 Å². The number of hydrogen-bond acceptors (Lipinski definition) is 5. The van der Waals surface area contributed by atoms with Gasteiger partial charge in [0.05, 0.1) is 18.1 Å². The van der Waals surface area contributed by atoms with E-state index in [0.29, 0.717) is 17.6 Å². The molecule has 0 aromatic heterocycles. The van der Waals surface area contributed by atoms with Crippen molar-refractivity contribution in [2.75, 3.05) is 19.7 Å². The molecule has 0 saturated heterocycles. The molecule has 0 fully saturated rings. The van der Waals surface area contributed by atoms with Crippen molar-refractivity contribution >= 4 is 27.6 Å². The van der Waals surface area contributed by atoms with Gasteiger partial charge in [-0.05, 0) is 31.5 Å². The third-order valence-corrected chi connectivity index (χ3v) is 3.58. The highest BCUT2D eigenvalue weighted by Crippen LogP contribution is 2.24. The lowest BCUT2D eigenvalue weighted by atomic mass is 10.2. The van der Waals surface area contributed by atoms with Crippen LogP contribution in [-0.4, -0.2) is 35.5 Å². The lowest BCUT2D eigenvalue weighted by Crippen LogP contribution is -2.31. The van der Waals surface area contributed by atoms with Crippen LogP contribution in [0.25, 0.3) is 0 Å². The Bertz CT molecular complexity index is 508. The van der Waals surface area contributed by atoms with Crippen LogP contribution in [0.4, 0.5) is 5.69 Å². The van der Waals surface area contributed by atoms with Crippen LogP contribution in [0.5, 0.6) is 0 Å². The number of carbonyl (C=O) groups is 1.